The molecule has 0 aliphatic heterocycles. The standard InChI is InChI=1S/C7H6F3NO/c1-12-7-4(11)2-3(8)5(9)6(7)10/h2H,11H2,1H3. The number of methoxy groups -OCH3 is 1. The van der Waals surface area contributed by atoms with Crippen molar-refractivity contribution in [1.29, 1.82) is 0 Å². The minimum atomic E-state index is -1.58. The third-order valence-corrected chi connectivity index (χ3v) is 1.35. The lowest BCUT2D eigenvalue weighted by atomic mass is 10.2. The van der Waals surface area contributed by atoms with E-state index in [4.69, 9.17) is 5.73 Å². The van der Waals surface area contributed by atoms with E-state index in [1.807, 2.05) is 0 Å². The van der Waals surface area contributed by atoms with Crippen LogP contribution in [0.5, 0.6) is 5.75 Å². The van der Waals surface area contributed by atoms with Crippen molar-refractivity contribution in [2.24, 2.45) is 0 Å². The Balaban J connectivity index is 3.40. The van der Waals surface area contributed by atoms with Gasteiger partial charge in [-0.15, -0.1) is 0 Å². The van der Waals surface area contributed by atoms with Gasteiger partial charge in [0.2, 0.25) is 5.82 Å². The average molecular weight is 177 g/mol. The second-order valence-corrected chi connectivity index (χ2v) is 2.11. The van der Waals surface area contributed by atoms with Gasteiger partial charge in [0.1, 0.15) is 0 Å². The molecule has 0 atom stereocenters. The summed E-state index contributed by atoms with van der Waals surface area (Å²) in [7, 11) is 1.12. The van der Waals surface area contributed by atoms with Gasteiger partial charge in [0.05, 0.1) is 12.8 Å². The molecular formula is C7H6F3NO. The molecule has 0 radical (unpaired) electrons. The van der Waals surface area contributed by atoms with E-state index in [9.17, 15) is 13.2 Å². The molecule has 0 saturated carbocycles. The number of halogens is 3. The van der Waals surface area contributed by atoms with Crippen LogP contribution < -0.4 is 10.5 Å². The van der Waals surface area contributed by atoms with Gasteiger partial charge in [-0.3, -0.25) is 0 Å². The molecular weight excluding hydrogens is 171 g/mol. The quantitative estimate of drug-likeness (QED) is 0.523. The Morgan fingerprint density at radius 3 is 2.33 bits per heavy atom. The number of hydrogen-bond donors (Lipinski definition) is 1. The summed E-state index contributed by atoms with van der Waals surface area (Å²) in [6, 6.07) is 0.664. The average Bonchev–Trinajstić information content (AvgIpc) is 2.01. The second kappa shape index (κ2) is 2.92. The van der Waals surface area contributed by atoms with Crippen molar-refractivity contribution in [2.75, 3.05) is 12.8 Å². The van der Waals surface area contributed by atoms with Gasteiger partial charge in [-0.2, -0.15) is 4.39 Å². The van der Waals surface area contributed by atoms with E-state index >= 15 is 0 Å². The SMILES string of the molecule is COc1c(N)cc(F)c(F)c1F. The third-order valence-electron chi connectivity index (χ3n) is 1.35. The molecule has 0 heterocycles. The largest absolute Gasteiger partial charge is 0.491 e. The Morgan fingerprint density at radius 1 is 1.25 bits per heavy atom. The third kappa shape index (κ3) is 1.17. The van der Waals surface area contributed by atoms with Gasteiger partial charge >= 0.3 is 0 Å². The zero-order valence-corrected chi connectivity index (χ0v) is 6.20. The van der Waals surface area contributed by atoms with Crippen molar-refractivity contribution < 1.29 is 17.9 Å². The molecule has 2 nitrogen and oxygen atoms in total. The van der Waals surface area contributed by atoms with Gasteiger partial charge in [0.25, 0.3) is 0 Å². The number of anilines is 1. The summed E-state index contributed by atoms with van der Waals surface area (Å²) >= 11 is 0. The zero-order chi connectivity index (χ0) is 9.30. The minimum Gasteiger partial charge on any atom is -0.491 e. The Hall–Kier alpha value is -1.39. The van der Waals surface area contributed by atoms with Crippen LogP contribution in [0, 0.1) is 17.5 Å². The molecule has 0 saturated heterocycles. The van der Waals surface area contributed by atoms with Crippen LogP contribution in [0.25, 0.3) is 0 Å². The molecule has 1 aromatic rings. The normalized spacial score (nSPS) is 10.0. The van der Waals surface area contributed by atoms with E-state index in [-0.39, 0.29) is 5.69 Å². The molecule has 0 aromatic heterocycles. The summed E-state index contributed by atoms with van der Waals surface area (Å²) in [6.07, 6.45) is 0. The fraction of sp³-hybridized carbons (Fsp3) is 0.143. The highest BCUT2D eigenvalue weighted by Crippen LogP contribution is 2.28. The summed E-state index contributed by atoms with van der Waals surface area (Å²) in [5.74, 6) is -4.80. The van der Waals surface area contributed by atoms with Crippen LogP contribution >= 0.6 is 0 Å². The molecule has 5 heteroatoms. The smallest absolute Gasteiger partial charge is 0.205 e. The van der Waals surface area contributed by atoms with Crippen molar-refractivity contribution in [3.8, 4) is 5.75 Å². The number of hydrogen-bond acceptors (Lipinski definition) is 2. The second-order valence-electron chi connectivity index (χ2n) is 2.11. The number of nitrogens with two attached hydrogens (primary N) is 1. The van der Waals surface area contributed by atoms with E-state index in [0.29, 0.717) is 6.07 Å². The summed E-state index contributed by atoms with van der Waals surface area (Å²) in [6.45, 7) is 0. The maximum atomic E-state index is 12.7. The van der Waals surface area contributed by atoms with Gasteiger partial charge in [0, 0.05) is 6.07 Å². The van der Waals surface area contributed by atoms with E-state index < -0.39 is 23.2 Å². The molecule has 0 fully saturated rings. The predicted octanol–water partition coefficient (Wildman–Crippen LogP) is 1.69. The van der Waals surface area contributed by atoms with Crippen LogP contribution in [0.2, 0.25) is 0 Å². The molecule has 0 spiro atoms. The van der Waals surface area contributed by atoms with Crippen molar-refractivity contribution in [1.82, 2.24) is 0 Å². The zero-order valence-electron chi connectivity index (χ0n) is 6.20. The van der Waals surface area contributed by atoms with Crippen molar-refractivity contribution in [3.63, 3.8) is 0 Å². The highest BCUT2D eigenvalue weighted by Gasteiger charge is 2.17. The van der Waals surface area contributed by atoms with E-state index in [1.165, 1.54) is 0 Å². The lowest BCUT2D eigenvalue weighted by Crippen LogP contribution is -2.00. The van der Waals surface area contributed by atoms with Crippen LogP contribution in [0.1, 0.15) is 0 Å². The molecule has 0 amide bonds. The lowest BCUT2D eigenvalue weighted by molar-refractivity contribution is 0.363. The first kappa shape index (κ1) is 8.70. The first-order chi connectivity index (χ1) is 5.57. The maximum Gasteiger partial charge on any atom is 0.205 e. The summed E-state index contributed by atoms with van der Waals surface area (Å²) < 4.78 is 42.0. The van der Waals surface area contributed by atoms with Gasteiger partial charge in [-0.05, 0) is 0 Å². The Bertz CT molecular complexity index is 314. The molecule has 12 heavy (non-hydrogen) atoms. The topological polar surface area (TPSA) is 35.2 Å². The summed E-state index contributed by atoms with van der Waals surface area (Å²) in [5, 5.41) is 0. The van der Waals surface area contributed by atoms with E-state index in [1.54, 1.807) is 0 Å². The highest BCUT2D eigenvalue weighted by molar-refractivity contribution is 5.53. The van der Waals surface area contributed by atoms with Gasteiger partial charge in [-0.25, -0.2) is 8.78 Å². The number of ether oxygens (including phenoxy) is 1. The van der Waals surface area contributed by atoms with Gasteiger partial charge < -0.3 is 10.5 Å². The number of benzene rings is 1. The van der Waals surface area contributed by atoms with Crippen LogP contribution in [0.15, 0.2) is 6.07 Å². The van der Waals surface area contributed by atoms with Crippen LogP contribution in [-0.2, 0) is 0 Å². The minimum absolute atomic E-state index is 0.270. The van der Waals surface area contributed by atoms with Crippen molar-refractivity contribution in [2.45, 2.75) is 0 Å². The fourth-order valence-electron chi connectivity index (χ4n) is 0.804. The van der Waals surface area contributed by atoms with E-state index in [0.717, 1.165) is 7.11 Å². The molecule has 0 aliphatic rings. The van der Waals surface area contributed by atoms with Crippen molar-refractivity contribution >= 4 is 5.69 Å². The van der Waals surface area contributed by atoms with Gasteiger partial charge in [-0.1, -0.05) is 0 Å². The Morgan fingerprint density at radius 2 is 1.83 bits per heavy atom. The van der Waals surface area contributed by atoms with E-state index in [2.05, 4.69) is 4.74 Å². The Labute approximate surface area is 66.7 Å². The predicted molar refractivity (Wildman–Crippen MR) is 37.3 cm³/mol. The maximum absolute atomic E-state index is 12.7. The first-order valence-electron chi connectivity index (χ1n) is 3.05. The fourth-order valence-corrected chi connectivity index (χ4v) is 0.804. The summed E-state index contributed by atoms with van der Waals surface area (Å²) in [4.78, 5) is 0. The Kier molecular flexibility index (Phi) is 2.12. The molecule has 0 unspecified atom stereocenters. The van der Waals surface area contributed by atoms with Crippen LogP contribution in [0.4, 0.5) is 18.9 Å². The molecule has 0 bridgehead atoms. The molecule has 1 aromatic carbocycles. The van der Waals surface area contributed by atoms with Crippen LogP contribution in [-0.4, -0.2) is 7.11 Å². The molecule has 0 aliphatic carbocycles. The monoisotopic (exact) mass is 177 g/mol. The molecule has 66 valence electrons. The molecule has 1 rings (SSSR count). The molecule has 2 N–H and O–H groups in total. The highest BCUT2D eigenvalue weighted by atomic mass is 19.2. The number of rotatable bonds is 1. The van der Waals surface area contributed by atoms with Crippen LogP contribution in [0.3, 0.4) is 0 Å². The lowest BCUT2D eigenvalue weighted by Gasteiger charge is -2.05. The first-order valence-corrected chi connectivity index (χ1v) is 3.05. The number of nitrogen functional groups attached to an aromatic ring is 1. The van der Waals surface area contributed by atoms with Crippen molar-refractivity contribution in [3.05, 3.63) is 23.5 Å². The van der Waals surface area contributed by atoms with Gasteiger partial charge in [0.15, 0.2) is 17.4 Å². The summed E-state index contributed by atoms with van der Waals surface area (Å²) in [5.41, 5.74) is 4.86.